The van der Waals surface area contributed by atoms with Crippen molar-refractivity contribution in [1.29, 1.82) is 0 Å². The van der Waals surface area contributed by atoms with E-state index in [0.29, 0.717) is 5.92 Å². The summed E-state index contributed by atoms with van der Waals surface area (Å²) in [6, 6.07) is 0. The lowest BCUT2D eigenvalue weighted by Crippen LogP contribution is -2.27. The van der Waals surface area contributed by atoms with Gasteiger partial charge in [0.1, 0.15) is 0 Å². The van der Waals surface area contributed by atoms with Gasteiger partial charge in [0.2, 0.25) is 3.79 Å². The van der Waals surface area contributed by atoms with Crippen LogP contribution < -0.4 is 0 Å². The van der Waals surface area contributed by atoms with Crippen molar-refractivity contribution in [3.63, 3.8) is 0 Å². The molecule has 0 amide bonds. The van der Waals surface area contributed by atoms with Crippen molar-refractivity contribution in [3.8, 4) is 0 Å². The first-order valence-electron chi connectivity index (χ1n) is 4.45. The van der Waals surface area contributed by atoms with Crippen LogP contribution in [0.5, 0.6) is 0 Å². The Hall–Kier alpha value is 1.57. The number of hydrogen-bond donors (Lipinski definition) is 0. The van der Waals surface area contributed by atoms with Crippen LogP contribution in [-0.4, -0.2) is 13.8 Å². The summed E-state index contributed by atoms with van der Waals surface area (Å²) >= 11 is 17.8. The van der Waals surface area contributed by atoms with Crippen molar-refractivity contribution in [1.82, 2.24) is 0 Å². The van der Waals surface area contributed by atoms with Crippen LogP contribution >= 0.6 is 56.4 Å². The second kappa shape index (κ2) is 5.77. The molecule has 0 heterocycles. The van der Waals surface area contributed by atoms with Gasteiger partial charge in [-0.15, -0.1) is 0 Å². The summed E-state index contributed by atoms with van der Waals surface area (Å²) in [4.78, 5) is 0. The van der Waals surface area contributed by atoms with E-state index in [4.69, 9.17) is 34.8 Å². The molecular weight excluding hydrogens is 279 g/mol. The maximum Gasteiger partial charge on any atom is 0.203 e. The van der Waals surface area contributed by atoms with Gasteiger partial charge in [-0.05, 0) is 5.92 Å². The molecule has 0 rings (SSSR count). The van der Waals surface area contributed by atoms with Crippen molar-refractivity contribution in [2.24, 2.45) is 5.92 Å². The molecule has 0 fully saturated rings. The monoisotopic (exact) mass is 294 g/mol. The minimum Gasteiger partial charge on any atom is -0.0877 e. The molecule has 0 aliphatic carbocycles. The molecule has 0 saturated carbocycles. The SMILES string of the molecule is CC(C)C(SSC(C)(C)C)C(Cl)(Cl)Cl. The van der Waals surface area contributed by atoms with Crippen LogP contribution in [-0.2, 0) is 0 Å². The van der Waals surface area contributed by atoms with E-state index in [2.05, 4.69) is 34.6 Å². The molecule has 0 aromatic carbocycles. The minimum absolute atomic E-state index is 0.0247. The van der Waals surface area contributed by atoms with Gasteiger partial charge in [-0.3, -0.25) is 0 Å². The average Bonchev–Trinajstić information content (AvgIpc) is 1.79. The highest BCUT2D eigenvalue weighted by atomic mass is 35.6. The van der Waals surface area contributed by atoms with Gasteiger partial charge in [0.25, 0.3) is 0 Å². The normalized spacial score (nSPS) is 16.1. The molecule has 0 N–H and O–H groups in total. The Morgan fingerprint density at radius 1 is 1.00 bits per heavy atom. The molecule has 0 aliphatic rings. The van der Waals surface area contributed by atoms with Gasteiger partial charge in [-0.1, -0.05) is 91.0 Å². The standard InChI is InChI=1S/C9H17Cl3S2/c1-6(2)7(9(10,11)12)13-14-8(3,4)5/h6-7H,1-5H3. The number of hydrogen-bond acceptors (Lipinski definition) is 2. The van der Waals surface area contributed by atoms with Crippen LogP contribution in [0.2, 0.25) is 0 Å². The van der Waals surface area contributed by atoms with Crippen LogP contribution in [0.1, 0.15) is 34.6 Å². The molecular formula is C9H17Cl3S2. The summed E-state index contributed by atoms with van der Waals surface area (Å²) in [6.45, 7) is 10.6. The highest BCUT2D eigenvalue weighted by molar-refractivity contribution is 8.77. The predicted octanol–water partition coefficient (Wildman–Crippen LogP) is 5.56. The largest absolute Gasteiger partial charge is 0.203 e. The zero-order valence-corrected chi connectivity index (χ0v) is 13.0. The highest BCUT2D eigenvalue weighted by Crippen LogP contribution is 2.49. The van der Waals surface area contributed by atoms with Gasteiger partial charge in [0.05, 0.1) is 5.25 Å². The lowest BCUT2D eigenvalue weighted by Gasteiger charge is -2.29. The Morgan fingerprint density at radius 3 is 1.64 bits per heavy atom. The molecule has 1 unspecified atom stereocenters. The summed E-state index contributed by atoms with van der Waals surface area (Å²) in [7, 11) is 3.42. The van der Waals surface area contributed by atoms with E-state index in [-0.39, 0.29) is 10.00 Å². The van der Waals surface area contributed by atoms with E-state index in [9.17, 15) is 0 Å². The van der Waals surface area contributed by atoms with E-state index in [1.54, 1.807) is 21.6 Å². The smallest absolute Gasteiger partial charge is 0.0877 e. The number of rotatable bonds is 3. The molecule has 0 spiro atoms. The number of halogens is 3. The Morgan fingerprint density at radius 2 is 1.43 bits per heavy atom. The molecule has 0 nitrogen and oxygen atoms in total. The van der Waals surface area contributed by atoms with Gasteiger partial charge >= 0.3 is 0 Å². The van der Waals surface area contributed by atoms with E-state index in [1.165, 1.54) is 0 Å². The average molecular weight is 296 g/mol. The topological polar surface area (TPSA) is 0 Å². The minimum atomic E-state index is -1.18. The second-order valence-electron chi connectivity index (χ2n) is 4.50. The van der Waals surface area contributed by atoms with Gasteiger partial charge < -0.3 is 0 Å². The molecule has 0 bridgehead atoms. The zero-order chi connectivity index (χ0) is 11.6. The van der Waals surface area contributed by atoms with Gasteiger partial charge in [-0.2, -0.15) is 0 Å². The highest BCUT2D eigenvalue weighted by Gasteiger charge is 2.36. The fourth-order valence-electron chi connectivity index (χ4n) is 0.740. The lowest BCUT2D eigenvalue weighted by molar-refractivity contribution is 0.617. The third kappa shape index (κ3) is 6.95. The van der Waals surface area contributed by atoms with E-state index in [0.717, 1.165) is 0 Å². The summed E-state index contributed by atoms with van der Waals surface area (Å²) in [5.41, 5.74) is 0. The van der Waals surface area contributed by atoms with E-state index >= 15 is 0 Å². The predicted molar refractivity (Wildman–Crippen MR) is 73.9 cm³/mol. The first-order valence-corrected chi connectivity index (χ1v) is 7.80. The molecule has 0 aromatic heterocycles. The quantitative estimate of drug-likeness (QED) is 0.494. The van der Waals surface area contributed by atoms with Crippen LogP contribution in [0.25, 0.3) is 0 Å². The Balaban J connectivity index is 4.27. The van der Waals surface area contributed by atoms with Crippen molar-refractivity contribution < 1.29 is 0 Å². The Bertz CT molecular complexity index is 170. The molecule has 0 aliphatic heterocycles. The fraction of sp³-hybridized carbons (Fsp3) is 1.00. The summed E-state index contributed by atoms with van der Waals surface area (Å²) in [6.07, 6.45) is 0. The van der Waals surface area contributed by atoms with Crippen molar-refractivity contribution in [3.05, 3.63) is 0 Å². The molecule has 0 radical (unpaired) electrons. The van der Waals surface area contributed by atoms with Crippen LogP contribution in [0, 0.1) is 5.92 Å². The maximum atomic E-state index is 5.92. The second-order valence-corrected chi connectivity index (χ2v) is 10.0. The number of alkyl halides is 3. The first-order chi connectivity index (χ1) is 6.04. The van der Waals surface area contributed by atoms with Crippen molar-refractivity contribution in [2.75, 3.05) is 0 Å². The third-order valence-corrected chi connectivity index (χ3v) is 6.54. The van der Waals surface area contributed by atoms with Gasteiger partial charge in [0.15, 0.2) is 0 Å². The van der Waals surface area contributed by atoms with Crippen molar-refractivity contribution >= 4 is 56.4 Å². The van der Waals surface area contributed by atoms with Crippen LogP contribution in [0.3, 0.4) is 0 Å². The molecule has 14 heavy (non-hydrogen) atoms. The zero-order valence-electron chi connectivity index (χ0n) is 9.11. The molecule has 0 aromatic rings. The maximum absolute atomic E-state index is 5.92. The summed E-state index contributed by atoms with van der Waals surface area (Å²) in [5, 5.41) is 0.0247. The molecule has 1 atom stereocenters. The summed E-state index contributed by atoms with van der Waals surface area (Å²) < 4.78 is -0.995. The van der Waals surface area contributed by atoms with E-state index in [1.807, 2.05) is 0 Å². The summed E-state index contributed by atoms with van der Waals surface area (Å²) in [5.74, 6) is 0.349. The fourth-order valence-corrected chi connectivity index (χ4v) is 5.37. The van der Waals surface area contributed by atoms with Crippen LogP contribution in [0.15, 0.2) is 0 Å². The molecule has 86 valence electrons. The molecule has 5 heteroatoms. The van der Waals surface area contributed by atoms with Crippen LogP contribution in [0.4, 0.5) is 0 Å². The van der Waals surface area contributed by atoms with Gasteiger partial charge in [-0.25, -0.2) is 0 Å². The Kier molecular flexibility index (Phi) is 6.41. The Labute approximate surface area is 110 Å². The molecule has 0 saturated heterocycles. The lowest BCUT2D eigenvalue weighted by atomic mass is 10.1. The van der Waals surface area contributed by atoms with Crippen molar-refractivity contribution in [2.45, 2.75) is 48.4 Å². The first kappa shape index (κ1) is 15.6. The van der Waals surface area contributed by atoms with E-state index < -0.39 is 3.79 Å². The van der Waals surface area contributed by atoms with Gasteiger partial charge in [0, 0.05) is 4.75 Å². The third-order valence-electron chi connectivity index (χ3n) is 1.33.